The Morgan fingerprint density at radius 2 is 1.88 bits per heavy atom. The molecule has 132 valence electrons. The number of hydrogen-bond donors (Lipinski definition) is 3. The lowest BCUT2D eigenvalue weighted by Gasteiger charge is -2.12. The molecule has 5 nitrogen and oxygen atoms in total. The summed E-state index contributed by atoms with van der Waals surface area (Å²) in [5.74, 6) is 0.605. The van der Waals surface area contributed by atoms with Crippen LogP contribution < -0.4 is 15.4 Å². The highest BCUT2D eigenvalue weighted by Gasteiger charge is 2.09. The molecule has 0 aliphatic rings. The van der Waals surface area contributed by atoms with Crippen LogP contribution in [-0.2, 0) is 0 Å². The Balaban J connectivity index is 1.70. The van der Waals surface area contributed by atoms with E-state index < -0.39 is 0 Å². The van der Waals surface area contributed by atoms with E-state index in [0.717, 1.165) is 16.5 Å². The third-order valence-electron chi connectivity index (χ3n) is 3.77. The van der Waals surface area contributed by atoms with Gasteiger partial charge in [-0.2, -0.15) is 0 Å². The molecular formula is C20H18N2O3S. The summed E-state index contributed by atoms with van der Waals surface area (Å²) in [4.78, 5) is 12.3. The number of rotatable bonds is 4. The van der Waals surface area contributed by atoms with E-state index in [2.05, 4.69) is 10.6 Å². The minimum Gasteiger partial charge on any atom is -0.508 e. The Kier molecular flexibility index (Phi) is 5.34. The zero-order valence-corrected chi connectivity index (χ0v) is 15.0. The average molecular weight is 366 g/mol. The van der Waals surface area contributed by atoms with Crippen molar-refractivity contribution in [2.45, 2.75) is 6.92 Å². The molecule has 6 heteroatoms. The van der Waals surface area contributed by atoms with Crippen molar-refractivity contribution in [3.05, 3.63) is 66.2 Å². The predicted octanol–water partition coefficient (Wildman–Crippen LogP) is 4.07. The first kappa shape index (κ1) is 17.7. The van der Waals surface area contributed by atoms with Crippen LogP contribution in [-0.4, -0.2) is 22.7 Å². The Morgan fingerprint density at radius 3 is 2.62 bits per heavy atom. The highest BCUT2D eigenvalue weighted by molar-refractivity contribution is 7.80. The number of phenols is 1. The third kappa shape index (κ3) is 4.10. The molecule has 0 radical (unpaired) electrons. The van der Waals surface area contributed by atoms with Gasteiger partial charge in [0.15, 0.2) is 5.11 Å². The second-order valence-electron chi connectivity index (χ2n) is 5.58. The van der Waals surface area contributed by atoms with Gasteiger partial charge < -0.3 is 15.2 Å². The Bertz CT molecular complexity index is 955. The fourth-order valence-electron chi connectivity index (χ4n) is 2.58. The van der Waals surface area contributed by atoms with E-state index in [4.69, 9.17) is 17.0 Å². The molecule has 0 aliphatic carbocycles. The van der Waals surface area contributed by atoms with Crippen LogP contribution in [0.2, 0.25) is 0 Å². The fourth-order valence-corrected chi connectivity index (χ4v) is 2.78. The van der Waals surface area contributed by atoms with Crippen LogP contribution in [0.25, 0.3) is 10.8 Å². The molecule has 0 atom stereocenters. The molecule has 0 spiro atoms. The van der Waals surface area contributed by atoms with Crippen LogP contribution in [0.5, 0.6) is 11.5 Å². The lowest BCUT2D eigenvalue weighted by atomic mass is 10.1. The lowest BCUT2D eigenvalue weighted by molar-refractivity contribution is 0.0977. The fraction of sp³-hybridized carbons (Fsp3) is 0.100. The minimum atomic E-state index is -0.302. The Labute approximate surface area is 156 Å². The van der Waals surface area contributed by atoms with E-state index in [1.165, 1.54) is 0 Å². The SMILES string of the molecule is CCOc1ccc(C(=O)NC(=S)Nc2cccc3cc(O)ccc23)cc1. The van der Waals surface area contributed by atoms with Crippen LogP contribution >= 0.6 is 12.2 Å². The third-order valence-corrected chi connectivity index (χ3v) is 3.97. The molecule has 0 heterocycles. The summed E-state index contributed by atoms with van der Waals surface area (Å²) >= 11 is 5.25. The number of aromatic hydroxyl groups is 1. The first-order valence-electron chi connectivity index (χ1n) is 8.14. The number of anilines is 1. The summed E-state index contributed by atoms with van der Waals surface area (Å²) in [5.41, 5.74) is 1.24. The molecule has 0 saturated heterocycles. The summed E-state index contributed by atoms with van der Waals surface area (Å²) in [6, 6.07) is 17.5. The summed E-state index contributed by atoms with van der Waals surface area (Å²) in [6.07, 6.45) is 0. The Morgan fingerprint density at radius 1 is 1.12 bits per heavy atom. The average Bonchev–Trinajstić information content (AvgIpc) is 2.62. The maximum absolute atomic E-state index is 12.3. The molecular weight excluding hydrogens is 348 g/mol. The van der Waals surface area contributed by atoms with Gasteiger partial charge in [0.2, 0.25) is 0 Å². The molecule has 0 fully saturated rings. The summed E-state index contributed by atoms with van der Waals surface area (Å²) < 4.78 is 5.36. The van der Waals surface area contributed by atoms with Gasteiger partial charge in [0.05, 0.1) is 6.61 Å². The van der Waals surface area contributed by atoms with E-state index in [1.807, 2.05) is 25.1 Å². The molecule has 26 heavy (non-hydrogen) atoms. The second-order valence-corrected chi connectivity index (χ2v) is 5.98. The van der Waals surface area contributed by atoms with E-state index in [1.54, 1.807) is 42.5 Å². The molecule has 0 bridgehead atoms. The van der Waals surface area contributed by atoms with Crippen LogP contribution in [0.3, 0.4) is 0 Å². The highest BCUT2D eigenvalue weighted by atomic mass is 32.1. The van der Waals surface area contributed by atoms with Crippen LogP contribution in [0.1, 0.15) is 17.3 Å². The van der Waals surface area contributed by atoms with E-state index in [0.29, 0.717) is 17.9 Å². The number of carbonyl (C=O) groups excluding carboxylic acids is 1. The maximum Gasteiger partial charge on any atom is 0.257 e. The predicted molar refractivity (Wildman–Crippen MR) is 107 cm³/mol. The monoisotopic (exact) mass is 366 g/mol. The number of phenolic OH excluding ortho intramolecular Hbond substituents is 1. The van der Waals surface area contributed by atoms with E-state index in [9.17, 15) is 9.90 Å². The number of hydrogen-bond acceptors (Lipinski definition) is 4. The van der Waals surface area contributed by atoms with Crippen molar-refractivity contribution in [2.75, 3.05) is 11.9 Å². The van der Waals surface area contributed by atoms with Crippen molar-refractivity contribution in [3.63, 3.8) is 0 Å². The summed E-state index contributed by atoms with van der Waals surface area (Å²) in [5, 5.41) is 17.2. The van der Waals surface area contributed by atoms with Crippen molar-refractivity contribution in [3.8, 4) is 11.5 Å². The number of nitrogens with one attached hydrogen (secondary N) is 2. The first-order chi connectivity index (χ1) is 12.6. The molecule has 3 aromatic carbocycles. The van der Waals surface area contributed by atoms with Crippen molar-refractivity contribution >= 4 is 39.7 Å². The number of amides is 1. The highest BCUT2D eigenvalue weighted by Crippen LogP contribution is 2.26. The van der Waals surface area contributed by atoms with Gasteiger partial charge in [-0.3, -0.25) is 10.1 Å². The van der Waals surface area contributed by atoms with Crippen LogP contribution in [0.4, 0.5) is 5.69 Å². The van der Waals surface area contributed by atoms with Gasteiger partial charge in [0.1, 0.15) is 11.5 Å². The lowest BCUT2D eigenvalue weighted by Crippen LogP contribution is -2.34. The van der Waals surface area contributed by atoms with Crippen LogP contribution in [0, 0.1) is 0 Å². The van der Waals surface area contributed by atoms with Gasteiger partial charge in [-0.1, -0.05) is 12.1 Å². The number of fused-ring (bicyclic) bond motifs is 1. The van der Waals surface area contributed by atoms with Gasteiger partial charge in [0, 0.05) is 16.6 Å². The number of thiocarbonyl (C=S) groups is 1. The van der Waals surface area contributed by atoms with E-state index >= 15 is 0 Å². The summed E-state index contributed by atoms with van der Waals surface area (Å²) in [6.45, 7) is 2.47. The molecule has 3 rings (SSSR count). The van der Waals surface area contributed by atoms with Gasteiger partial charge in [0.25, 0.3) is 5.91 Å². The number of ether oxygens (including phenoxy) is 1. The number of benzene rings is 3. The van der Waals surface area contributed by atoms with E-state index in [-0.39, 0.29) is 16.8 Å². The topological polar surface area (TPSA) is 70.6 Å². The molecule has 0 unspecified atom stereocenters. The first-order valence-corrected chi connectivity index (χ1v) is 8.54. The zero-order chi connectivity index (χ0) is 18.5. The molecule has 0 saturated carbocycles. The van der Waals surface area contributed by atoms with Crippen LogP contribution in [0.15, 0.2) is 60.7 Å². The molecule has 0 aromatic heterocycles. The van der Waals surface area contributed by atoms with Crippen molar-refractivity contribution < 1.29 is 14.6 Å². The molecule has 3 N–H and O–H groups in total. The normalized spacial score (nSPS) is 10.3. The molecule has 3 aromatic rings. The van der Waals surface area contributed by atoms with Gasteiger partial charge in [-0.25, -0.2) is 0 Å². The summed E-state index contributed by atoms with van der Waals surface area (Å²) in [7, 11) is 0. The molecule has 1 amide bonds. The number of carbonyl (C=O) groups is 1. The van der Waals surface area contributed by atoms with Gasteiger partial charge in [-0.15, -0.1) is 0 Å². The minimum absolute atomic E-state index is 0.195. The standard InChI is InChI=1S/C20H18N2O3S/c1-2-25-16-9-6-13(7-10-16)19(24)22-20(26)21-18-5-3-4-14-12-15(23)8-11-17(14)18/h3-12,23H,2H2,1H3,(H2,21,22,24,26). The van der Waals surface area contributed by atoms with Crippen molar-refractivity contribution in [2.24, 2.45) is 0 Å². The molecule has 0 aliphatic heterocycles. The Hall–Kier alpha value is -3.12. The van der Waals surface area contributed by atoms with Gasteiger partial charge >= 0.3 is 0 Å². The largest absolute Gasteiger partial charge is 0.508 e. The van der Waals surface area contributed by atoms with Crippen molar-refractivity contribution in [1.29, 1.82) is 0 Å². The quantitative estimate of drug-likeness (QED) is 0.607. The second kappa shape index (κ2) is 7.84. The van der Waals surface area contributed by atoms with Crippen molar-refractivity contribution in [1.82, 2.24) is 5.32 Å². The smallest absolute Gasteiger partial charge is 0.257 e. The van der Waals surface area contributed by atoms with Gasteiger partial charge in [-0.05, 0) is 73.1 Å². The maximum atomic E-state index is 12.3. The zero-order valence-electron chi connectivity index (χ0n) is 14.2.